The lowest BCUT2D eigenvalue weighted by Crippen LogP contribution is -2.47. The molecule has 1 heterocycles. The molecule has 0 saturated carbocycles. The Hall–Kier alpha value is -2.01. The zero-order valence-electron chi connectivity index (χ0n) is 9.22. The predicted octanol–water partition coefficient (Wildman–Crippen LogP) is 0.718. The van der Waals surface area contributed by atoms with Crippen LogP contribution in [0.15, 0.2) is 42.2 Å². The Morgan fingerprint density at radius 3 is 2.76 bits per heavy atom. The van der Waals surface area contributed by atoms with Crippen LogP contribution in [-0.2, 0) is 11.3 Å². The quantitative estimate of drug-likeness (QED) is 0.718. The molecule has 2 rings (SSSR count). The number of amides is 1. The molecule has 1 aromatic carbocycles. The predicted molar refractivity (Wildman–Crippen MR) is 61.9 cm³/mol. The van der Waals surface area contributed by atoms with Crippen LogP contribution in [0.5, 0.6) is 0 Å². The second kappa shape index (κ2) is 5.36. The Kier molecular flexibility index (Phi) is 3.62. The van der Waals surface area contributed by atoms with Gasteiger partial charge in [0, 0.05) is 6.20 Å². The first-order valence-corrected chi connectivity index (χ1v) is 5.34. The summed E-state index contributed by atoms with van der Waals surface area (Å²) in [7, 11) is 0. The highest BCUT2D eigenvalue weighted by Crippen LogP contribution is 2.07. The number of ether oxygens (including phenoxy) is 1. The van der Waals surface area contributed by atoms with E-state index in [1.54, 1.807) is 6.20 Å². The molecule has 1 atom stereocenters. The van der Waals surface area contributed by atoms with Gasteiger partial charge >= 0.3 is 6.09 Å². The Bertz CT molecular complexity index is 417. The molecule has 0 fully saturated rings. The number of aliphatic hydroxyl groups is 1. The summed E-state index contributed by atoms with van der Waals surface area (Å²) in [5.41, 5.74) is 1.58. The lowest BCUT2D eigenvalue weighted by atomic mass is 10.1. The molecule has 5 heteroatoms. The molecule has 0 spiro atoms. The zero-order chi connectivity index (χ0) is 12.1. The molecule has 0 saturated heterocycles. The van der Waals surface area contributed by atoms with Gasteiger partial charge in [-0.15, -0.1) is 0 Å². The van der Waals surface area contributed by atoms with Crippen LogP contribution >= 0.6 is 0 Å². The molecule has 1 aliphatic rings. The van der Waals surface area contributed by atoms with Crippen molar-refractivity contribution in [1.82, 2.24) is 10.6 Å². The monoisotopic (exact) mass is 234 g/mol. The van der Waals surface area contributed by atoms with Gasteiger partial charge in [-0.05, 0) is 5.56 Å². The van der Waals surface area contributed by atoms with Crippen LogP contribution in [0.3, 0.4) is 0 Å². The van der Waals surface area contributed by atoms with Crippen molar-refractivity contribution < 1.29 is 14.6 Å². The van der Waals surface area contributed by atoms with E-state index in [0.29, 0.717) is 5.70 Å². The average Bonchev–Trinajstić information content (AvgIpc) is 2.34. The maximum atomic E-state index is 11.4. The molecule has 1 aromatic rings. The van der Waals surface area contributed by atoms with Gasteiger partial charge in [0.05, 0.1) is 18.3 Å². The number of aliphatic hydroxyl groups excluding tert-OH is 1. The number of alkyl carbamates (subject to hydrolysis) is 1. The van der Waals surface area contributed by atoms with E-state index in [-0.39, 0.29) is 19.3 Å². The van der Waals surface area contributed by atoms with Crippen LogP contribution in [0.1, 0.15) is 5.56 Å². The second-order valence-electron chi connectivity index (χ2n) is 3.69. The molecule has 0 aromatic heterocycles. The molecule has 90 valence electrons. The van der Waals surface area contributed by atoms with E-state index in [4.69, 9.17) is 9.84 Å². The first-order chi connectivity index (χ1) is 8.29. The molecule has 3 N–H and O–H groups in total. The van der Waals surface area contributed by atoms with Crippen LogP contribution in [0, 0.1) is 0 Å². The Labute approximate surface area is 99.1 Å². The van der Waals surface area contributed by atoms with Crippen molar-refractivity contribution in [1.29, 1.82) is 0 Å². The number of hydrogen-bond donors (Lipinski definition) is 3. The molecule has 17 heavy (non-hydrogen) atoms. The van der Waals surface area contributed by atoms with E-state index < -0.39 is 6.09 Å². The molecule has 0 aliphatic carbocycles. The van der Waals surface area contributed by atoms with Crippen LogP contribution in [-0.4, -0.2) is 23.8 Å². The number of rotatable bonds is 4. The summed E-state index contributed by atoms with van der Waals surface area (Å²) in [5, 5.41) is 14.3. The summed E-state index contributed by atoms with van der Waals surface area (Å²) >= 11 is 0. The summed E-state index contributed by atoms with van der Waals surface area (Å²) in [6.45, 7) is 0.183. The van der Waals surface area contributed by atoms with Crippen molar-refractivity contribution in [3.05, 3.63) is 47.8 Å². The number of carbonyl (C=O) groups is 1. The summed E-state index contributed by atoms with van der Waals surface area (Å²) in [6, 6.07) is 9.25. The minimum absolute atomic E-state index is 0.0508. The van der Waals surface area contributed by atoms with Gasteiger partial charge in [-0.3, -0.25) is 5.32 Å². The van der Waals surface area contributed by atoms with Crippen molar-refractivity contribution >= 4 is 6.09 Å². The van der Waals surface area contributed by atoms with Crippen molar-refractivity contribution in [3.63, 3.8) is 0 Å². The molecule has 1 unspecified atom stereocenters. The zero-order valence-corrected chi connectivity index (χ0v) is 9.22. The molecule has 1 aliphatic heterocycles. The van der Waals surface area contributed by atoms with Crippen molar-refractivity contribution in [2.75, 3.05) is 6.61 Å². The standard InChI is InChI=1S/C12H14N2O3/c15-7-11-10(6-13-11)14-12(16)17-8-9-4-2-1-3-5-9/h1-6,11,13,15H,7-8H2,(H,14,16). The second-order valence-corrected chi connectivity index (χ2v) is 3.69. The van der Waals surface area contributed by atoms with Crippen LogP contribution in [0.4, 0.5) is 4.79 Å². The summed E-state index contributed by atoms with van der Waals surface area (Å²) in [4.78, 5) is 11.4. The summed E-state index contributed by atoms with van der Waals surface area (Å²) in [5.74, 6) is 0. The van der Waals surface area contributed by atoms with Crippen molar-refractivity contribution in [3.8, 4) is 0 Å². The first kappa shape index (κ1) is 11.5. The van der Waals surface area contributed by atoms with Crippen LogP contribution < -0.4 is 10.6 Å². The van der Waals surface area contributed by atoms with Gasteiger partial charge in [0.2, 0.25) is 0 Å². The topological polar surface area (TPSA) is 70.6 Å². The third-order valence-corrected chi connectivity index (χ3v) is 2.46. The maximum absolute atomic E-state index is 11.4. The van der Waals surface area contributed by atoms with Crippen molar-refractivity contribution in [2.24, 2.45) is 0 Å². The molecular weight excluding hydrogens is 220 g/mol. The van der Waals surface area contributed by atoms with E-state index in [0.717, 1.165) is 5.56 Å². The lowest BCUT2D eigenvalue weighted by Gasteiger charge is -2.27. The largest absolute Gasteiger partial charge is 0.444 e. The lowest BCUT2D eigenvalue weighted by molar-refractivity contribution is 0.140. The van der Waals surface area contributed by atoms with Gasteiger partial charge in [0.1, 0.15) is 6.61 Å². The van der Waals surface area contributed by atoms with E-state index in [2.05, 4.69) is 10.6 Å². The number of nitrogens with one attached hydrogen (secondary N) is 2. The Balaban J connectivity index is 1.75. The SMILES string of the molecule is O=C(NC1=CNC1CO)OCc1ccccc1. The van der Waals surface area contributed by atoms with Gasteiger partial charge in [0.15, 0.2) is 0 Å². The van der Waals surface area contributed by atoms with Gasteiger partial charge in [-0.2, -0.15) is 0 Å². The van der Waals surface area contributed by atoms with Crippen LogP contribution in [0.2, 0.25) is 0 Å². The van der Waals surface area contributed by atoms with Crippen LogP contribution in [0.25, 0.3) is 0 Å². The van der Waals surface area contributed by atoms with Gasteiger partial charge in [-0.1, -0.05) is 30.3 Å². The molecule has 0 bridgehead atoms. The van der Waals surface area contributed by atoms with E-state index >= 15 is 0 Å². The summed E-state index contributed by atoms with van der Waals surface area (Å²) < 4.78 is 5.03. The highest BCUT2D eigenvalue weighted by Gasteiger charge is 2.21. The van der Waals surface area contributed by atoms with E-state index in [9.17, 15) is 4.79 Å². The van der Waals surface area contributed by atoms with Crippen molar-refractivity contribution in [2.45, 2.75) is 12.6 Å². The molecule has 5 nitrogen and oxygen atoms in total. The molecule has 0 radical (unpaired) electrons. The fourth-order valence-corrected chi connectivity index (χ4v) is 1.44. The molecule has 1 amide bonds. The minimum atomic E-state index is -0.514. The average molecular weight is 234 g/mol. The molecular formula is C12H14N2O3. The smallest absolute Gasteiger partial charge is 0.411 e. The fourth-order valence-electron chi connectivity index (χ4n) is 1.44. The maximum Gasteiger partial charge on any atom is 0.411 e. The highest BCUT2D eigenvalue weighted by atomic mass is 16.5. The number of hydrogen-bond acceptors (Lipinski definition) is 4. The van der Waals surface area contributed by atoms with Gasteiger partial charge in [-0.25, -0.2) is 4.79 Å². The van der Waals surface area contributed by atoms with E-state index in [1.165, 1.54) is 0 Å². The third-order valence-electron chi connectivity index (χ3n) is 2.46. The van der Waals surface area contributed by atoms with Gasteiger partial charge < -0.3 is 15.2 Å². The highest BCUT2D eigenvalue weighted by molar-refractivity contribution is 5.70. The number of carbonyl (C=O) groups excluding carboxylic acids is 1. The number of benzene rings is 1. The van der Waals surface area contributed by atoms with E-state index in [1.807, 2.05) is 30.3 Å². The summed E-state index contributed by atoms with van der Waals surface area (Å²) in [6.07, 6.45) is 1.12. The fraction of sp³-hybridized carbons (Fsp3) is 0.250. The minimum Gasteiger partial charge on any atom is -0.444 e. The first-order valence-electron chi connectivity index (χ1n) is 5.34. The normalized spacial score (nSPS) is 17.5. The Morgan fingerprint density at radius 2 is 2.18 bits per heavy atom. The van der Waals surface area contributed by atoms with Gasteiger partial charge in [0.25, 0.3) is 0 Å². The Morgan fingerprint density at radius 1 is 1.41 bits per heavy atom. The third kappa shape index (κ3) is 2.98.